The third kappa shape index (κ3) is 2.78. The van der Waals surface area contributed by atoms with Crippen LogP contribution in [0.25, 0.3) is 17.0 Å². The summed E-state index contributed by atoms with van der Waals surface area (Å²) >= 11 is 0. The van der Waals surface area contributed by atoms with Crippen LogP contribution >= 0.6 is 0 Å². The van der Waals surface area contributed by atoms with Crippen molar-refractivity contribution in [2.24, 2.45) is 0 Å². The number of carbonyl (C=O) groups excluding carboxylic acids is 1. The summed E-state index contributed by atoms with van der Waals surface area (Å²) < 4.78 is 12.7. The molecular formula is C20H17NO6. The summed E-state index contributed by atoms with van der Waals surface area (Å²) in [5.41, 5.74) is 1.60. The fourth-order valence-electron chi connectivity index (χ4n) is 3.26. The van der Waals surface area contributed by atoms with Gasteiger partial charge in [-0.3, -0.25) is 4.79 Å². The smallest absolute Gasteiger partial charge is 0.235 e. The number of hydrogen-bond donors (Lipinski definition) is 3. The Morgan fingerprint density at radius 3 is 2.78 bits per heavy atom. The number of phenols is 2. The lowest BCUT2D eigenvalue weighted by atomic mass is 10.1. The highest BCUT2D eigenvalue weighted by molar-refractivity contribution is 6.16. The SMILES string of the molecule is COc1ccc2c(c1)c(/C=C1\Oc3cc(O)cc(O)c3C1=O)cn2CCO. The van der Waals surface area contributed by atoms with Gasteiger partial charge in [0.1, 0.15) is 28.6 Å². The van der Waals surface area contributed by atoms with Gasteiger partial charge in [0, 0.05) is 41.3 Å². The van der Waals surface area contributed by atoms with Crippen molar-refractivity contribution in [1.82, 2.24) is 4.57 Å². The second-order valence-electron chi connectivity index (χ2n) is 6.16. The highest BCUT2D eigenvalue weighted by Gasteiger charge is 2.31. The lowest BCUT2D eigenvalue weighted by molar-refractivity contribution is 0.101. The molecule has 1 aromatic heterocycles. The summed E-state index contributed by atoms with van der Waals surface area (Å²) in [6.07, 6.45) is 3.39. The molecule has 0 saturated heterocycles. The Labute approximate surface area is 154 Å². The molecular weight excluding hydrogens is 350 g/mol. The van der Waals surface area contributed by atoms with Gasteiger partial charge in [-0.15, -0.1) is 0 Å². The van der Waals surface area contributed by atoms with Gasteiger partial charge in [0.2, 0.25) is 5.78 Å². The first kappa shape index (κ1) is 17.0. The van der Waals surface area contributed by atoms with Crippen molar-refractivity contribution in [3.05, 3.63) is 53.4 Å². The minimum Gasteiger partial charge on any atom is -0.508 e. The average molecular weight is 367 g/mol. The largest absolute Gasteiger partial charge is 0.508 e. The number of rotatable bonds is 4. The second-order valence-corrected chi connectivity index (χ2v) is 6.16. The standard InChI is InChI=1S/C20H17NO6/c1-26-13-2-3-15-14(9-13)11(10-21(15)4-5-22)6-18-20(25)19-16(24)7-12(23)8-17(19)27-18/h2-3,6-10,22-24H,4-5H2,1H3/b18-6-. The molecule has 2 heterocycles. The van der Waals surface area contributed by atoms with E-state index in [-0.39, 0.29) is 35.2 Å². The molecule has 4 rings (SSSR count). The average Bonchev–Trinajstić information content (AvgIpc) is 3.13. The number of phenolic OH excluding ortho intramolecular Hbond substituents is 2. The zero-order valence-electron chi connectivity index (χ0n) is 14.5. The number of methoxy groups -OCH3 is 1. The fraction of sp³-hybridized carbons (Fsp3) is 0.150. The summed E-state index contributed by atoms with van der Waals surface area (Å²) in [4.78, 5) is 12.6. The highest BCUT2D eigenvalue weighted by atomic mass is 16.5. The van der Waals surface area contributed by atoms with Crippen LogP contribution in [0.15, 0.2) is 42.3 Å². The molecule has 0 unspecified atom stereocenters. The lowest BCUT2D eigenvalue weighted by Gasteiger charge is -2.03. The predicted octanol–water partition coefficient (Wildman–Crippen LogP) is 2.67. The van der Waals surface area contributed by atoms with Gasteiger partial charge in [0.25, 0.3) is 0 Å². The number of nitrogens with zero attached hydrogens (tertiary/aromatic N) is 1. The van der Waals surface area contributed by atoms with Crippen molar-refractivity contribution in [2.75, 3.05) is 13.7 Å². The first-order valence-corrected chi connectivity index (χ1v) is 8.29. The molecule has 0 spiro atoms. The molecule has 3 aromatic rings. The van der Waals surface area contributed by atoms with Crippen molar-refractivity contribution in [1.29, 1.82) is 0 Å². The van der Waals surface area contributed by atoms with E-state index in [1.165, 1.54) is 6.07 Å². The van der Waals surface area contributed by atoms with E-state index in [2.05, 4.69) is 0 Å². The van der Waals surface area contributed by atoms with Crippen molar-refractivity contribution >= 4 is 22.8 Å². The van der Waals surface area contributed by atoms with Gasteiger partial charge in [-0.25, -0.2) is 0 Å². The Hall–Kier alpha value is -3.45. The molecule has 0 atom stereocenters. The highest BCUT2D eigenvalue weighted by Crippen LogP contribution is 2.41. The minimum atomic E-state index is -0.464. The van der Waals surface area contributed by atoms with Gasteiger partial charge in [0.05, 0.1) is 13.7 Å². The number of hydrogen-bond acceptors (Lipinski definition) is 6. The van der Waals surface area contributed by atoms with Crippen molar-refractivity contribution in [3.8, 4) is 23.0 Å². The molecule has 27 heavy (non-hydrogen) atoms. The van der Waals surface area contributed by atoms with Gasteiger partial charge in [0.15, 0.2) is 5.76 Å². The minimum absolute atomic E-state index is 0.0238. The molecule has 0 aliphatic carbocycles. The topological polar surface area (TPSA) is 101 Å². The lowest BCUT2D eigenvalue weighted by Crippen LogP contribution is -2.00. The van der Waals surface area contributed by atoms with E-state index in [0.717, 1.165) is 17.0 Å². The van der Waals surface area contributed by atoms with E-state index in [4.69, 9.17) is 9.47 Å². The number of aliphatic hydroxyl groups is 1. The summed E-state index contributed by atoms with van der Waals surface area (Å²) in [7, 11) is 1.57. The quantitative estimate of drug-likeness (QED) is 0.613. The zero-order valence-corrected chi connectivity index (χ0v) is 14.5. The normalized spacial score (nSPS) is 14.6. The Morgan fingerprint density at radius 1 is 1.22 bits per heavy atom. The number of allylic oxidation sites excluding steroid dienone is 1. The third-order valence-electron chi connectivity index (χ3n) is 4.48. The number of fused-ring (bicyclic) bond motifs is 2. The van der Waals surface area contributed by atoms with Crippen LogP contribution in [0.3, 0.4) is 0 Å². The van der Waals surface area contributed by atoms with Crippen LogP contribution in [0.2, 0.25) is 0 Å². The maximum atomic E-state index is 12.6. The Balaban J connectivity index is 1.83. The van der Waals surface area contributed by atoms with Gasteiger partial charge in [-0.1, -0.05) is 0 Å². The number of aromatic hydroxyl groups is 2. The van der Waals surface area contributed by atoms with Crippen LogP contribution in [-0.4, -0.2) is 39.4 Å². The fourth-order valence-corrected chi connectivity index (χ4v) is 3.26. The van der Waals surface area contributed by atoms with Crippen LogP contribution in [0, 0.1) is 0 Å². The van der Waals surface area contributed by atoms with E-state index in [1.54, 1.807) is 13.2 Å². The summed E-state index contributed by atoms with van der Waals surface area (Å²) in [5, 5.41) is 29.7. The molecule has 0 saturated carbocycles. The second kappa shape index (κ2) is 6.37. The van der Waals surface area contributed by atoms with Crippen LogP contribution in [0.5, 0.6) is 23.0 Å². The van der Waals surface area contributed by atoms with E-state index in [9.17, 15) is 20.1 Å². The van der Waals surface area contributed by atoms with Crippen LogP contribution in [0.1, 0.15) is 15.9 Å². The monoisotopic (exact) mass is 367 g/mol. The number of carbonyl (C=O) groups is 1. The molecule has 2 aromatic carbocycles. The molecule has 138 valence electrons. The molecule has 1 aliphatic heterocycles. The number of aliphatic hydroxyl groups excluding tert-OH is 1. The molecule has 0 bridgehead atoms. The first-order valence-electron chi connectivity index (χ1n) is 8.29. The Morgan fingerprint density at radius 2 is 2.04 bits per heavy atom. The Bertz CT molecular complexity index is 1100. The molecule has 0 radical (unpaired) electrons. The molecule has 3 N–H and O–H groups in total. The zero-order chi connectivity index (χ0) is 19.1. The number of Topliss-reactive ketones (excluding diaryl/α,β-unsaturated/α-hetero) is 1. The van der Waals surface area contributed by atoms with E-state index >= 15 is 0 Å². The Kier molecular flexibility index (Phi) is 4.01. The van der Waals surface area contributed by atoms with Crippen molar-refractivity contribution < 1.29 is 29.6 Å². The van der Waals surface area contributed by atoms with Crippen LogP contribution < -0.4 is 9.47 Å². The van der Waals surface area contributed by atoms with Crippen molar-refractivity contribution in [3.63, 3.8) is 0 Å². The van der Waals surface area contributed by atoms with Gasteiger partial charge in [-0.2, -0.15) is 0 Å². The molecule has 1 aliphatic rings. The van der Waals surface area contributed by atoms with E-state index in [0.29, 0.717) is 17.9 Å². The molecule has 7 heteroatoms. The maximum absolute atomic E-state index is 12.6. The third-order valence-corrected chi connectivity index (χ3v) is 4.48. The van der Waals surface area contributed by atoms with Gasteiger partial charge >= 0.3 is 0 Å². The van der Waals surface area contributed by atoms with Crippen LogP contribution in [0.4, 0.5) is 0 Å². The van der Waals surface area contributed by atoms with Gasteiger partial charge in [-0.05, 0) is 24.3 Å². The van der Waals surface area contributed by atoms with Gasteiger partial charge < -0.3 is 29.4 Å². The van der Waals surface area contributed by atoms with Crippen LogP contribution in [-0.2, 0) is 6.54 Å². The summed E-state index contributed by atoms with van der Waals surface area (Å²) in [5.74, 6) is -0.175. The molecule has 0 fully saturated rings. The first-order chi connectivity index (χ1) is 13.0. The summed E-state index contributed by atoms with van der Waals surface area (Å²) in [6.45, 7) is 0.371. The molecule has 0 amide bonds. The number of benzene rings is 2. The number of ether oxygens (including phenoxy) is 2. The maximum Gasteiger partial charge on any atom is 0.235 e. The summed E-state index contributed by atoms with van der Waals surface area (Å²) in [6, 6.07) is 7.92. The van der Waals surface area contributed by atoms with E-state index in [1.807, 2.05) is 29.0 Å². The molecule has 7 nitrogen and oxygen atoms in total. The van der Waals surface area contributed by atoms with Crippen molar-refractivity contribution in [2.45, 2.75) is 6.54 Å². The predicted molar refractivity (Wildman–Crippen MR) is 98.3 cm³/mol. The van der Waals surface area contributed by atoms with E-state index < -0.39 is 5.78 Å². The number of aromatic nitrogens is 1. The number of ketones is 1.